The number of benzene rings is 3. The molecule has 0 fully saturated rings. The number of aromatic nitrogens is 1. The van der Waals surface area contributed by atoms with E-state index in [1.807, 2.05) is 72.8 Å². The van der Waals surface area contributed by atoms with Crippen LogP contribution in [0, 0.1) is 0 Å². The Morgan fingerprint density at radius 3 is 2.44 bits per heavy atom. The van der Waals surface area contributed by atoms with Crippen LogP contribution in [0.1, 0.15) is 22.1 Å². The predicted molar refractivity (Wildman–Crippen MR) is 105 cm³/mol. The Morgan fingerprint density at radius 1 is 0.852 bits per heavy atom. The predicted octanol–water partition coefficient (Wildman–Crippen LogP) is 4.55. The molecule has 0 bridgehead atoms. The number of hydrogen-bond acceptors (Lipinski definition) is 3. The monoisotopic (exact) mass is 352 g/mol. The zero-order chi connectivity index (χ0) is 18.4. The van der Waals surface area contributed by atoms with Crippen LogP contribution in [-0.2, 0) is 0 Å². The van der Waals surface area contributed by atoms with E-state index >= 15 is 0 Å². The molecule has 1 amide bonds. The highest BCUT2D eigenvalue weighted by molar-refractivity contribution is 6.19. The van der Waals surface area contributed by atoms with Gasteiger partial charge in [0, 0.05) is 40.2 Å². The van der Waals surface area contributed by atoms with Crippen LogP contribution in [0.15, 0.2) is 85.2 Å². The number of aliphatic hydroxyl groups excluding tert-OH is 1. The Hall–Kier alpha value is -3.50. The topological polar surface area (TPSA) is 53.4 Å². The van der Waals surface area contributed by atoms with E-state index in [-0.39, 0.29) is 5.91 Å². The largest absolute Gasteiger partial charge is 0.369 e. The van der Waals surface area contributed by atoms with E-state index in [2.05, 4.69) is 4.98 Å². The molecule has 3 aromatic carbocycles. The van der Waals surface area contributed by atoms with Gasteiger partial charge in [-0.1, -0.05) is 48.5 Å². The van der Waals surface area contributed by atoms with Gasteiger partial charge in [0.25, 0.3) is 5.91 Å². The van der Waals surface area contributed by atoms with Crippen molar-refractivity contribution in [1.82, 2.24) is 4.98 Å². The van der Waals surface area contributed by atoms with E-state index in [9.17, 15) is 9.90 Å². The fraction of sp³-hybridized carbons (Fsp3) is 0.0435. The maximum atomic E-state index is 13.2. The lowest BCUT2D eigenvalue weighted by molar-refractivity contribution is 0.0879. The average molecular weight is 352 g/mol. The summed E-state index contributed by atoms with van der Waals surface area (Å²) in [7, 11) is 0. The van der Waals surface area contributed by atoms with Crippen LogP contribution in [0.4, 0.5) is 5.69 Å². The highest BCUT2D eigenvalue weighted by Gasteiger charge is 2.34. The quantitative estimate of drug-likeness (QED) is 0.576. The van der Waals surface area contributed by atoms with Gasteiger partial charge in [-0.2, -0.15) is 0 Å². The van der Waals surface area contributed by atoms with E-state index in [0.29, 0.717) is 11.3 Å². The van der Waals surface area contributed by atoms with Crippen molar-refractivity contribution in [2.75, 3.05) is 4.90 Å². The molecule has 4 aromatic rings. The van der Waals surface area contributed by atoms with Gasteiger partial charge in [-0.05, 0) is 35.2 Å². The Labute approximate surface area is 156 Å². The van der Waals surface area contributed by atoms with Gasteiger partial charge < -0.3 is 5.11 Å². The lowest BCUT2D eigenvalue weighted by Gasteiger charge is -2.34. The number of carbonyl (C=O) groups excluding carboxylic acids is 1. The van der Waals surface area contributed by atoms with Crippen LogP contribution in [-0.4, -0.2) is 16.0 Å². The fourth-order valence-corrected chi connectivity index (χ4v) is 3.83. The summed E-state index contributed by atoms with van der Waals surface area (Å²) in [6.07, 6.45) is 2.52. The standard InChI is InChI=1S/C23H16N2O2/c26-22-19-10-4-9-18-17(15-6-5-13-24-14-15)11-12-20(21(18)19)23(27)25(22)16-7-2-1-3-8-16/h1-14,22,26H. The molecule has 0 saturated carbocycles. The summed E-state index contributed by atoms with van der Waals surface area (Å²) >= 11 is 0. The van der Waals surface area contributed by atoms with Gasteiger partial charge >= 0.3 is 0 Å². The number of para-hydroxylation sites is 1. The summed E-state index contributed by atoms with van der Waals surface area (Å²) in [5, 5.41) is 12.8. The summed E-state index contributed by atoms with van der Waals surface area (Å²) in [6, 6.07) is 22.7. The molecule has 0 saturated heterocycles. The summed E-state index contributed by atoms with van der Waals surface area (Å²) in [6.45, 7) is 0. The Balaban J connectivity index is 1.76. The Morgan fingerprint density at radius 2 is 1.67 bits per heavy atom. The maximum absolute atomic E-state index is 13.2. The van der Waals surface area contributed by atoms with E-state index in [4.69, 9.17) is 0 Å². The molecule has 27 heavy (non-hydrogen) atoms. The van der Waals surface area contributed by atoms with Crippen molar-refractivity contribution in [2.45, 2.75) is 6.23 Å². The van der Waals surface area contributed by atoms with E-state index < -0.39 is 6.23 Å². The van der Waals surface area contributed by atoms with E-state index in [0.717, 1.165) is 27.5 Å². The summed E-state index contributed by atoms with van der Waals surface area (Å²) in [5.74, 6) is -0.199. The molecule has 0 spiro atoms. The molecular formula is C23H16N2O2. The number of nitrogens with zero attached hydrogens (tertiary/aromatic N) is 2. The molecule has 5 rings (SSSR count). The van der Waals surface area contributed by atoms with Crippen molar-refractivity contribution in [1.29, 1.82) is 0 Å². The number of rotatable bonds is 2. The second kappa shape index (κ2) is 6.04. The highest BCUT2D eigenvalue weighted by Crippen LogP contribution is 2.41. The first-order chi connectivity index (χ1) is 13.3. The minimum atomic E-state index is -1.03. The third-order valence-electron chi connectivity index (χ3n) is 5.05. The first kappa shape index (κ1) is 15.7. The zero-order valence-electron chi connectivity index (χ0n) is 14.4. The first-order valence-electron chi connectivity index (χ1n) is 8.78. The molecule has 1 N–H and O–H groups in total. The van der Waals surface area contributed by atoms with Gasteiger partial charge in [-0.15, -0.1) is 0 Å². The van der Waals surface area contributed by atoms with Crippen molar-refractivity contribution in [3.05, 3.63) is 96.3 Å². The van der Waals surface area contributed by atoms with Crippen molar-refractivity contribution >= 4 is 22.4 Å². The maximum Gasteiger partial charge on any atom is 0.261 e. The fourth-order valence-electron chi connectivity index (χ4n) is 3.83. The van der Waals surface area contributed by atoms with Crippen LogP contribution in [0.2, 0.25) is 0 Å². The molecule has 2 heterocycles. The van der Waals surface area contributed by atoms with Crippen LogP contribution in [0.25, 0.3) is 21.9 Å². The first-order valence-corrected chi connectivity index (χ1v) is 8.78. The van der Waals surface area contributed by atoms with Crippen LogP contribution in [0.5, 0.6) is 0 Å². The lowest BCUT2D eigenvalue weighted by Crippen LogP contribution is -2.38. The molecule has 1 atom stereocenters. The number of anilines is 1. The second-order valence-corrected chi connectivity index (χ2v) is 6.56. The van der Waals surface area contributed by atoms with Crippen molar-refractivity contribution in [2.24, 2.45) is 0 Å². The zero-order valence-corrected chi connectivity index (χ0v) is 14.4. The highest BCUT2D eigenvalue weighted by atomic mass is 16.3. The molecule has 4 nitrogen and oxygen atoms in total. The van der Waals surface area contributed by atoms with Crippen LogP contribution < -0.4 is 4.90 Å². The number of pyridine rings is 1. The van der Waals surface area contributed by atoms with Crippen molar-refractivity contribution < 1.29 is 9.90 Å². The normalized spacial score (nSPS) is 16.0. The van der Waals surface area contributed by atoms with Crippen molar-refractivity contribution in [3.63, 3.8) is 0 Å². The molecule has 1 aliphatic heterocycles. The third kappa shape index (κ3) is 2.34. The molecular weight excluding hydrogens is 336 g/mol. The smallest absolute Gasteiger partial charge is 0.261 e. The van der Waals surface area contributed by atoms with Gasteiger partial charge in [-0.3, -0.25) is 14.7 Å². The van der Waals surface area contributed by atoms with Crippen LogP contribution >= 0.6 is 0 Å². The molecule has 4 heteroatoms. The minimum absolute atomic E-state index is 0.199. The molecule has 1 aromatic heterocycles. The molecule has 130 valence electrons. The van der Waals surface area contributed by atoms with Gasteiger partial charge in [0.2, 0.25) is 0 Å². The van der Waals surface area contributed by atoms with E-state index in [1.54, 1.807) is 12.4 Å². The molecule has 0 radical (unpaired) electrons. The van der Waals surface area contributed by atoms with Crippen LogP contribution in [0.3, 0.4) is 0 Å². The number of carbonyl (C=O) groups is 1. The SMILES string of the molecule is O=C1c2ccc(-c3cccnc3)c3cccc(c23)C(O)N1c1ccccc1. The van der Waals surface area contributed by atoms with Gasteiger partial charge in [0.1, 0.15) is 0 Å². The number of amides is 1. The number of aliphatic hydroxyl groups is 1. The summed E-state index contributed by atoms with van der Waals surface area (Å²) in [5.41, 5.74) is 3.98. The minimum Gasteiger partial charge on any atom is -0.369 e. The summed E-state index contributed by atoms with van der Waals surface area (Å²) in [4.78, 5) is 18.9. The van der Waals surface area contributed by atoms with Gasteiger partial charge in [-0.25, -0.2) is 0 Å². The molecule has 0 aliphatic carbocycles. The average Bonchev–Trinajstić information content (AvgIpc) is 2.73. The molecule has 1 aliphatic rings. The van der Waals surface area contributed by atoms with Gasteiger partial charge in [0.15, 0.2) is 6.23 Å². The van der Waals surface area contributed by atoms with Crippen molar-refractivity contribution in [3.8, 4) is 11.1 Å². The lowest BCUT2D eigenvalue weighted by atomic mass is 9.89. The summed E-state index contributed by atoms with van der Waals surface area (Å²) < 4.78 is 0. The Kier molecular flexibility index (Phi) is 3.52. The third-order valence-corrected chi connectivity index (χ3v) is 5.05. The Bertz CT molecular complexity index is 1160. The second-order valence-electron chi connectivity index (χ2n) is 6.56. The van der Waals surface area contributed by atoms with Gasteiger partial charge in [0.05, 0.1) is 0 Å². The molecule has 1 unspecified atom stereocenters. The van der Waals surface area contributed by atoms with E-state index in [1.165, 1.54) is 4.90 Å². The number of hydrogen-bond donors (Lipinski definition) is 1.